The van der Waals surface area contributed by atoms with Crippen molar-refractivity contribution in [3.63, 3.8) is 0 Å². The quantitative estimate of drug-likeness (QED) is 0.204. The van der Waals surface area contributed by atoms with Gasteiger partial charge in [-0.2, -0.15) is 5.26 Å². The fourth-order valence-corrected chi connectivity index (χ4v) is 5.10. The van der Waals surface area contributed by atoms with Gasteiger partial charge in [0, 0.05) is 30.3 Å². The Morgan fingerprint density at radius 3 is 1.80 bits per heavy atom. The molecule has 0 spiro atoms. The maximum atomic E-state index is 15.2. The first-order chi connectivity index (χ1) is 23.5. The summed E-state index contributed by atoms with van der Waals surface area (Å²) < 4.78 is 52.5. The lowest BCUT2D eigenvalue weighted by Gasteiger charge is -2.30. The lowest BCUT2D eigenvalue weighted by Crippen LogP contribution is -2.45. The van der Waals surface area contributed by atoms with Crippen molar-refractivity contribution in [3.8, 4) is 29.1 Å². The molecule has 3 N–H and O–H groups in total. The molecule has 4 rings (SSSR count). The molecule has 0 aromatic heterocycles. The zero-order valence-corrected chi connectivity index (χ0v) is 28.9. The SMILES string of the molecule is CC(C)(C)OC(=O)NCc1cc(F)c(Oc2cc(Oc3ccc(C#N)cc3)cc(C(=O)NC3CCC(NC(=O)OC(C)(C)C)CC3)c2)c(F)c1. The summed E-state index contributed by atoms with van der Waals surface area (Å²) in [5, 5.41) is 17.4. The topological polar surface area (TPSA) is 148 Å². The van der Waals surface area contributed by atoms with Gasteiger partial charge in [-0.15, -0.1) is 0 Å². The van der Waals surface area contributed by atoms with Gasteiger partial charge in [0.25, 0.3) is 5.91 Å². The van der Waals surface area contributed by atoms with E-state index in [-0.39, 0.29) is 41.3 Å². The predicted octanol–water partition coefficient (Wildman–Crippen LogP) is 8.01. The Balaban J connectivity index is 1.50. The first-order valence-corrected chi connectivity index (χ1v) is 16.2. The molecule has 266 valence electrons. The minimum absolute atomic E-state index is 0.0796. The van der Waals surface area contributed by atoms with Crippen LogP contribution in [0.25, 0.3) is 0 Å². The van der Waals surface area contributed by atoms with Crippen molar-refractivity contribution in [2.75, 3.05) is 0 Å². The molecule has 1 fully saturated rings. The lowest BCUT2D eigenvalue weighted by atomic mass is 9.91. The van der Waals surface area contributed by atoms with Crippen LogP contribution in [-0.4, -0.2) is 41.4 Å². The van der Waals surface area contributed by atoms with Crippen molar-refractivity contribution >= 4 is 18.1 Å². The van der Waals surface area contributed by atoms with Crippen molar-refractivity contribution in [2.24, 2.45) is 0 Å². The van der Waals surface area contributed by atoms with E-state index in [1.165, 1.54) is 18.2 Å². The molecule has 3 aromatic carbocycles. The Labute approximate surface area is 290 Å². The Morgan fingerprint density at radius 1 is 0.740 bits per heavy atom. The number of rotatable bonds is 9. The van der Waals surface area contributed by atoms with Gasteiger partial charge in [0.15, 0.2) is 17.4 Å². The smallest absolute Gasteiger partial charge is 0.407 e. The summed E-state index contributed by atoms with van der Waals surface area (Å²) in [6.45, 7) is 10.2. The highest BCUT2D eigenvalue weighted by atomic mass is 19.1. The predicted molar refractivity (Wildman–Crippen MR) is 180 cm³/mol. The minimum atomic E-state index is -1.04. The first kappa shape index (κ1) is 37.4. The molecule has 0 unspecified atom stereocenters. The molecule has 0 aliphatic heterocycles. The third kappa shape index (κ3) is 11.6. The van der Waals surface area contributed by atoms with E-state index in [4.69, 9.17) is 24.2 Å². The molecule has 0 radical (unpaired) electrons. The van der Waals surface area contributed by atoms with Crippen molar-refractivity contribution in [1.82, 2.24) is 16.0 Å². The Bertz CT molecular complexity index is 1710. The van der Waals surface area contributed by atoms with Crippen molar-refractivity contribution in [3.05, 3.63) is 82.9 Å². The maximum Gasteiger partial charge on any atom is 0.407 e. The monoisotopic (exact) mass is 692 g/mol. The van der Waals surface area contributed by atoms with E-state index in [9.17, 15) is 14.4 Å². The normalized spacial score (nSPS) is 16.0. The highest BCUT2D eigenvalue weighted by Gasteiger charge is 2.26. The molecule has 0 atom stereocenters. The molecular formula is C37H42F2N4O7. The number of hydrogen-bond donors (Lipinski definition) is 3. The van der Waals surface area contributed by atoms with Crippen molar-refractivity contribution in [2.45, 2.75) is 97.1 Å². The number of alkyl carbamates (subject to hydrolysis) is 2. The Kier molecular flexibility index (Phi) is 11.9. The molecule has 1 aliphatic rings. The molecule has 1 saturated carbocycles. The first-order valence-electron chi connectivity index (χ1n) is 16.2. The molecular weight excluding hydrogens is 650 g/mol. The zero-order valence-electron chi connectivity index (χ0n) is 28.9. The van der Waals surface area contributed by atoms with Gasteiger partial charge >= 0.3 is 12.2 Å². The average Bonchev–Trinajstić information content (AvgIpc) is 3.01. The van der Waals surface area contributed by atoms with Gasteiger partial charge in [0.2, 0.25) is 0 Å². The van der Waals surface area contributed by atoms with Crippen LogP contribution < -0.4 is 25.4 Å². The number of nitrogens with one attached hydrogen (secondary N) is 3. The van der Waals surface area contributed by atoms with E-state index in [1.54, 1.807) is 65.8 Å². The number of halogens is 2. The largest absolute Gasteiger partial charge is 0.457 e. The van der Waals surface area contributed by atoms with Crippen LogP contribution in [0.5, 0.6) is 23.0 Å². The fourth-order valence-electron chi connectivity index (χ4n) is 5.10. The van der Waals surface area contributed by atoms with Gasteiger partial charge < -0.3 is 34.9 Å². The van der Waals surface area contributed by atoms with Gasteiger partial charge in [-0.3, -0.25) is 4.79 Å². The molecule has 1 aliphatic carbocycles. The van der Waals surface area contributed by atoms with Crippen LogP contribution in [0.2, 0.25) is 0 Å². The second-order valence-electron chi connectivity index (χ2n) is 13.9. The highest BCUT2D eigenvalue weighted by molar-refractivity contribution is 5.95. The number of benzene rings is 3. The zero-order chi connectivity index (χ0) is 36.6. The van der Waals surface area contributed by atoms with Crippen LogP contribution >= 0.6 is 0 Å². The van der Waals surface area contributed by atoms with E-state index in [0.717, 1.165) is 12.1 Å². The standard InChI is InChI=1S/C37H42F2N4O7/c1-36(2,3)49-34(45)41-21-23-15-30(38)32(31(39)16-23)48-29-18-24(17-28(19-29)47-27-13-7-22(20-40)8-14-27)33(44)42-25-9-11-26(12-10-25)43-35(46)50-37(4,5)6/h7-8,13-19,25-26H,9-12,21H2,1-6H3,(H,41,45)(H,42,44)(H,43,46). The van der Waals surface area contributed by atoms with Crippen molar-refractivity contribution < 1.29 is 42.1 Å². The van der Waals surface area contributed by atoms with Crippen molar-refractivity contribution in [1.29, 1.82) is 5.26 Å². The van der Waals surface area contributed by atoms with Gasteiger partial charge in [-0.1, -0.05) is 0 Å². The summed E-state index contributed by atoms with van der Waals surface area (Å²) in [4.78, 5) is 37.6. The summed E-state index contributed by atoms with van der Waals surface area (Å²) in [5.74, 6) is -2.84. The van der Waals surface area contributed by atoms with E-state index >= 15 is 8.78 Å². The number of nitrogens with zero attached hydrogens (tertiary/aromatic N) is 1. The molecule has 11 nitrogen and oxygen atoms in total. The summed E-state index contributed by atoms with van der Waals surface area (Å²) in [6, 6.07) is 14.2. The van der Waals surface area contributed by atoms with Gasteiger partial charge in [0.1, 0.15) is 28.5 Å². The van der Waals surface area contributed by atoms with Gasteiger partial charge in [0.05, 0.1) is 11.6 Å². The summed E-state index contributed by atoms with van der Waals surface area (Å²) in [7, 11) is 0. The number of nitriles is 1. The van der Waals surface area contributed by atoms with Crippen LogP contribution in [0.1, 0.15) is 88.7 Å². The second kappa shape index (κ2) is 15.9. The minimum Gasteiger partial charge on any atom is -0.457 e. The number of ether oxygens (including phenoxy) is 4. The van der Waals surface area contributed by atoms with Crippen LogP contribution in [0, 0.1) is 23.0 Å². The fraction of sp³-hybridized carbons (Fsp3) is 0.405. The van der Waals surface area contributed by atoms with Gasteiger partial charge in [-0.05, 0) is 121 Å². The van der Waals surface area contributed by atoms with E-state index < -0.39 is 46.7 Å². The van der Waals surface area contributed by atoms with Crippen LogP contribution in [0.3, 0.4) is 0 Å². The molecule has 0 bridgehead atoms. The van der Waals surface area contributed by atoms with E-state index in [1.807, 2.05) is 6.07 Å². The molecule has 13 heteroatoms. The molecule has 3 amide bonds. The average molecular weight is 693 g/mol. The Morgan fingerprint density at radius 2 is 1.26 bits per heavy atom. The molecule has 3 aromatic rings. The third-order valence-corrected chi connectivity index (χ3v) is 7.26. The molecule has 50 heavy (non-hydrogen) atoms. The second-order valence-corrected chi connectivity index (χ2v) is 13.9. The number of carbonyl (C=O) groups is 3. The van der Waals surface area contributed by atoms with E-state index in [2.05, 4.69) is 16.0 Å². The molecule has 0 saturated heterocycles. The number of carbonyl (C=O) groups excluding carboxylic acids is 3. The van der Waals surface area contributed by atoms with Crippen LogP contribution in [0.15, 0.2) is 54.6 Å². The molecule has 0 heterocycles. The summed E-state index contributed by atoms with van der Waals surface area (Å²) in [5.41, 5.74) is -0.697. The van der Waals surface area contributed by atoms with Crippen LogP contribution in [-0.2, 0) is 16.0 Å². The third-order valence-electron chi connectivity index (χ3n) is 7.26. The number of amides is 3. The van der Waals surface area contributed by atoms with Crippen LogP contribution in [0.4, 0.5) is 18.4 Å². The lowest BCUT2D eigenvalue weighted by molar-refractivity contribution is 0.0485. The van der Waals surface area contributed by atoms with E-state index in [0.29, 0.717) is 37.0 Å². The summed E-state index contributed by atoms with van der Waals surface area (Å²) in [6.07, 6.45) is 1.22. The Hall–Kier alpha value is -5.38. The summed E-state index contributed by atoms with van der Waals surface area (Å²) >= 11 is 0. The highest BCUT2D eigenvalue weighted by Crippen LogP contribution is 2.34. The maximum absolute atomic E-state index is 15.2. The number of hydrogen-bond acceptors (Lipinski definition) is 8. The van der Waals surface area contributed by atoms with Gasteiger partial charge in [-0.25, -0.2) is 18.4 Å².